The van der Waals surface area contributed by atoms with Crippen LogP contribution in [0.15, 0.2) is 53.4 Å². The first kappa shape index (κ1) is 14.4. The average molecular weight is 292 g/mol. The molecule has 5 nitrogen and oxygen atoms in total. The van der Waals surface area contributed by atoms with Gasteiger partial charge in [-0.05, 0) is 24.3 Å². The second kappa shape index (κ2) is 5.52. The molecule has 0 saturated heterocycles. The molecular weight excluding hydrogens is 276 g/mol. The molecule has 6 heteroatoms. The number of nitrogen functional groups attached to an aromatic ring is 1. The molecule has 0 heterocycles. The van der Waals surface area contributed by atoms with E-state index in [4.69, 9.17) is 10.5 Å². The molecule has 106 valence electrons. The molecule has 0 spiro atoms. The lowest BCUT2D eigenvalue weighted by molar-refractivity contribution is 0.461. The Kier molecular flexibility index (Phi) is 3.96. The lowest BCUT2D eigenvalue weighted by Crippen LogP contribution is -2.22. The molecule has 2 aromatic rings. The van der Waals surface area contributed by atoms with Crippen molar-refractivity contribution in [1.29, 1.82) is 0 Å². The third kappa shape index (κ3) is 2.92. The number of rotatable bonds is 4. The van der Waals surface area contributed by atoms with Crippen molar-refractivity contribution >= 4 is 15.7 Å². The Labute approximate surface area is 118 Å². The van der Waals surface area contributed by atoms with Crippen molar-refractivity contribution in [1.82, 2.24) is 4.31 Å². The van der Waals surface area contributed by atoms with Gasteiger partial charge in [0, 0.05) is 25.8 Å². The maximum atomic E-state index is 12.2. The van der Waals surface area contributed by atoms with Crippen molar-refractivity contribution in [2.45, 2.75) is 4.90 Å². The number of para-hydroxylation sites is 1. The number of sulfonamides is 1. The summed E-state index contributed by atoms with van der Waals surface area (Å²) in [6, 6.07) is 13.3. The molecule has 2 N–H and O–H groups in total. The van der Waals surface area contributed by atoms with Crippen LogP contribution in [0, 0.1) is 0 Å². The molecule has 20 heavy (non-hydrogen) atoms. The Balaban J connectivity index is 2.44. The van der Waals surface area contributed by atoms with E-state index < -0.39 is 10.0 Å². The van der Waals surface area contributed by atoms with E-state index in [2.05, 4.69) is 0 Å². The zero-order chi connectivity index (χ0) is 14.8. The van der Waals surface area contributed by atoms with Crippen molar-refractivity contribution in [3.63, 3.8) is 0 Å². The van der Waals surface area contributed by atoms with Crippen molar-refractivity contribution in [2.75, 3.05) is 19.8 Å². The summed E-state index contributed by atoms with van der Waals surface area (Å²) in [6.45, 7) is 0. The van der Waals surface area contributed by atoms with Gasteiger partial charge in [0.15, 0.2) is 0 Å². The van der Waals surface area contributed by atoms with Crippen molar-refractivity contribution in [2.24, 2.45) is 0 Å². The Morgan fingerprint density at radius 1 is 1.05 bits per heavy atom. The van der Waals surface area contributed by atoms with Gasteiger partial charge in [-0.3, -0.25) is 0 Å². The van der Waals surface area contributed by atoms with Gasteiger partial charge in [0.05, 0.1) is 0 Å². The molecule has 0 unspecified atom stereocenters. The maximum absolute atomic E-state index is 12.2. The molecule has 2 rings (SSSR count). The summed E-state index contributed by atoms with van der Waals surface area (Å²) in [5.74, 6) is 0.762. The first-order valence-corrected chi connectivity index (χ1v) is 7.40. The summed E-state index contributed by atoms with van der Waals surface area (Å²) in [7, 11) is -0.603. The van der Waals surface area contributed by atoms with Crippen LogP contribution >= 0.6 is 0 Å². The van der Waals surface area contributed by atoms with E-state index in [1.807, 2.05) is 0 Å². The summed E-state index contributed by atoms with van der Waals surface area (Å²) >= 11 is 0. The highest BCUT2D eigenvalue weighted by atomic mass is 32.2. The van der Waals surface area contributed by atoms with Gasteiger partial charge < -0.3 is 10.5 Å². The minimum Gasteiger partial charge on any atom is -0.456 e. The molecule has 0 amide bonds. The van der Waals surface area contributed by atoms with Crippen LogP contribution in [0.3, 0.4) is 0 Å². The number of nitrogens with two attached hydrogens (primary N) is 1. The van der Waals surface area contributed by atoms with Crippen LogP contribution in [0.5, 0.6) is 11.5 Å². The second-order valence-corrected chi connectivity index (χ2v) is 6.53. The highest BCUT2D eigenvalue weighted by Gasteiger charge is 2.22. The molecule has 0 radical (unpaired) electrons. The van der Waals surface area contributed by atoms with E-state index in [-0.39, 0.29) is 10.6 Å². The minimum atomic E-state index is -3.56. The molecule has 0 aliphatic heterocycles. The van der Waals surface area contributed by atoms with Crippen LogP contribution in [0.1, 0.15) is 0 Å². The maximum Gasteiger partial charge on any atom is 0.246 e. The SMILES string of the molecule is CN(C)S(=O)(=O)c1ccccc1Oc1cccc(N)c1. The van der Waals surface area contributed by atoms with Gasteiger partial charge in [0.1, 0.15) is 16.4 Å². The van der Waals surface area contributed by atoms with E-state index in [0.717, 1.165) is 4.31 Å². The van der Waals surface area contributed by atoms with Gasteiger partial charge in [-0.1, -0.05) is 18.2 Å². The first-order valence-electron chi connectivity index (χ1n) is 5.96. The van der Waals surface area contributed by atoms with Crippen LogP contribution in [-0.4, -0.2) is 26.8 Å². The Bertz CT molecular complexity index is 712. The number of hydrogen-bond acceptors (Lipinski definition) is 4. The molecular formula is C14H16N2O3S. The zero-order valence-corrected chi connectivity index (χ0v) is 12.1. The number of ether oxygens (including phenoxy) is 1. The third-order valence-corrected chi connectivity index (χ3v) is 4.55. The molecule has 0 saturated carbocycles. The van der Waals surface area contributed by atoms with E-state index in [9.17, 15) is 8.42 Å². The summed E-state index contributed by atoms with van der Waals surface area (Å²) in [5.41, 5.74) is 6.23. The van der Waals surface area contributed by atoms with Gasteiger partial charge in [-0.2, -0.15) is 0 Å². The molecule has 0 aliphatic rings. The number of hydrogen-bond donors (Lipinski definition) is 1. The lowest BCUT2D eigenvalue weighted by Gasteiger charge is -2.15. The quantitative estimate of drug-likeness (QED) is 0.878. The van der Waals surface area contributed by atoms with Gasteiger partial charge in [-0.25, -0.2) is 12.7 Å². The van der Waals surface area contributed by atoms with Gasteiger partial charge in [0.25, 0.3) is 0 Å². The normalized spacial score (nSPS) is 11.6. The Morgan fingerprint density at radius 3 is 2.40 bits per heavy atom. The third-order valence-electron chi connectivity index (χ3n) is 2.69. The minimum absolute atomic E-state index is 0.118. The summed E-state index contributed by atoms with van der Waals surface area (Å²) in [4.78, 5) is 0.118. The highest BCUT2D eigenvalue weighted by Crippen LogP contribution is 2.30. The molecule has 2 aromatic carbocycles. The first-order chi connectivity index (χ1) is 9.41. The zero-order valence-electron chi connectivity index (χ0n) is 11.3. The largest absolute Gasteiger partial charge is 0.456 e. The number of benzene rings is 2. The van der Waals surface area contributed by atoms with Crippen LogP contribution in [0.4, 0.5) is 5.69 Å². The second-order valence-electron chi connectivity index (χ2n) is 4.41. The van der Waals surface area contributed by atoms with Crippen LogP contribution in [-0.2, 0) is 10.0 Å². The number of nitrogens with zero attached hydrogens (tertiary/aromatic N) is 1. The lowest BCUT2D eigenvalue weighted by atomic mass is 10.3. The van der Waals surface area contributed by atoms with Crippen molar-refractivity contribution < 1.29 is 13.2 Å². The van der Waals surface area contributed by atoms with Crippen molar-refractivity contribution in [3.05, 3.63) is 48.5 Å². The van der Waals surface area contributed by atoms with Gasteiger partial charge >= 0.3 is 0 Å². The predicted molar refractivity (Wildman–Crippen MR) is 78.2 cm³/mol. The standard InChI is InChI=1S/C14H16N2O3S/c1-16(2)20(17,18)14-9-4-3-8-13(14)19-12-7-5-6-11(15)10-12/h3-10H,15H2,1-2H3. The van der Waals surface area contributed by atoms with E-state index in [1.54, 1.807) is 42.5 Å². The van der Waals surface area contributed by atoms with Gasteiger partial charge in [-0.15, -0.1) is 0 Å². The molecule has 0 aliphatic carbocycles. The van der Waals surface area contributed by atoms with Crippen LogP contribution < -0.4 is 10.5 Å². The van der Waals surface area contributed by atoms with E-state index in [1.165, 1.54) is 20.2 Å². The highest BCUT2D eigenvalue weighted by molar-refractivity contribution is 7.89. The summed E-state index contributed by atoms with van der Waals surface area (Å²) < 4.78 is 31.3. The van der Waals surface area contributed by atoms with Crippen LogP contribution in [0.2, 0.25) is 0 Å². The molecule has 0 aromatic heterocycles. The number of anilines is 1. The Hall–Kier alpha value is -2.05. The smallest absolute Gasteiger partial charge is 0.246 e. The summed E-state index contributed by atoms with van der Waals surface area (Å²) in [6.07, 6.45) is 0. The van der Waals surface area contributed by atoms with E-state index >= 15 is 0 Å². The van der Waals surface area contributed by atoms with E-state index in [0.29, 0.717) is 11.4 Å². The van der Waals surface area contributed by atoms with Crippen LogP contribution in [0.25, 0.3) is 0 Å². The topological polar surface area (TPSA) is 72.6 Å². The fourth-order valence-electron chi connectivity index (χ4n) is 1.65. The summed E-state index contributed by atoms with van der Waals surface area (Å²) in [5, 5.41) is 0. The average Bonchev–Trinajstić information content (AvgIpc) is 2.39. The monoisotopic (exact) mass is 292 g/mol. The van der Waals surface area contributed by atoms with Crippen molar-refractivity contribution in [3.8, 4) is 11.5 Å². The molecule has 0 atom stereocenters. The predicted octanol–water partition coefficient (Wildman–Crippen LogP) is 2.31. The molecule has 0 bridgehead atoms. The fraction of sp³-hybridized carbons (Fsp3) is 0.143. The Morgan fingerprint density at radius 2 is 1.75 bits per heavy atom. The fourth-order valence-corrected chi connectivity index (χ4v) is 2.66. The molecule has 0 fully saturated rings. The van der Waals surface area contributed by atoms with Gasteiger partial charge in [0.2, 0.25) is 10.0 Å².